The number of hydrogen-bond donors (Lipinski definition) is 1. The van der Waals surface area contributed by atoms with E-state index in [1.165, 1.54) is 12.5 Å². The van der Waals surface area contributed by atoms with Crippen molar-refractivity contribution in [2.45, 2.75) is 38.6 Å². The molecule has 21 heavy (non-hydrogen) atoms. The van der Waals surface area contributed by atoms with Crippen molar-refractivity contribution in [2.24, 2.45) is 0 Å². The molecule has 1 N–H and O–H groups in total. The quantitative estimate of drug-likeness (QED) is 0.617. The van der Waals surface area contributed by atoms with Gasteiger partial charge in [-0.1, -0.05) is 24.9 Å². The van der Waals surface area contributed by atoms with E-state index in [-0.39, 0.29) is 10.6 Å². The lowest BCUT2D eigenvalue weighted by Crippen LogP contribution is -2.38. The summed E-state index contributed by atoms with van der Waals surface area (Å²) in [6, 6.07) is 5.35. The van der Waals surface area contributed by atoms with E-state index in [0.717, 1.165) is 38.9 Å². The molecule has 0 radical (unpaired) electrons. The monoisotopic (exact) mass is 311 g/mol. The Morgan fingerprint density at radius 1 is 1.52 bits per heavy atom. The largest absolute Gasteiger partial charge is 0.364 e. The number of anilines is 1. The van der Waals surface area contributed by atoms with Crippen LogP contribution in [0.15, 0.2) is 18.2 Å². The minimum absolute atomic E-state index is 0.0941. The molecule has 1 aliphatic rings. The lowest BCUT2D eigenvalue weighted by Gasteiger charge is -2.27. The van der Waals surface area contributed by atoms with Gasteiger partial charge in [0.1, 0.15) is 5.69 Å². The first-order chi connectivity index (χ1) is 10.1. The SMILES string of the molecule is CCCCN(CC1CCCN1)c1ccc(Cl)cc1[N+](=O)[O-]. The van der Waals surface area contributed by atoms with Crippen LogP contribution in [0.3, 0.4) is 0 Å². The summed E-state index contributed by atoms with van der Waals surface area (Å²) in [5.74, 6) is 0. The highest BCUT2D eigenvalue weighted by atomic mass is 35.5. The number of nitrogens with one attached hydrogen (secondary N) is 1. The Hall–Kier alpha value is -1.33. The molecule has 116 valence electrons. The van der Waals surface area contributed by atoms with E-state index in [4.69, 9.17) is 11.6 Å². The average molecular weight is 312 g/mol. The van der Waals surface area contributed by atoms with E-state index in [1.807, 2.05) is 0 Å². The van der Waals surface area contributed by atoms with Crippen LogP contribution in [0, 0.1) is 10.1 Å². The Bertz CT molecular complexity index is 490. The predicted octanol–water partition coefficient (Wildman–Crippen LogP) is 3.61. The number of rotatable bonds is 7. The maximum Gasteiger partial charge on any atom is 0.294 e. The van der Waals surface area contributed by atoms with E-state index < -0.39 is 0 Å². The van der Waals surface area contributed by atoms with Crippen LogP contribution in [0.25, 0.3) is 0 Å². The number of nitro groups is 1. The molecule has 1 aliphatic heterocycles. The van der Waals surface area contributed by atoms with Crippen LogP contribution < -0.4 is 10.2 Å². The molecule has 1 unspecified atom stereocenters. The standard InChI is InChI=1S/C15H22ClN3O2/c1-2-3-9-18(11-13-5-4-8-17-13)14-7-6-12(16)10-15(14)19(20)21/h6-7,10,13,17H,2-5,8-9,11H2,1H3. The van der Waals surface area contributed by atoms with E-state index >= 15 is 0 Å². The van der Waals surface area contributed by atoms with Gasteiger partial charge in [0.05, 0.1) is 4.92 Å². The Balaban J connectivity index is 2.23. The fourth-order valence-electron chi connectivity index (χ4n) is 2.75. The molecule has 0 spiro atoms. The first-order valence-electron chi connectivity index (χ1n) is 7.54. The van der Waals surface area contributed by atoms with Crippen LogP contribution in [0.2, 0.25) is 5.02 Å². The van der Waals surface area contributed by atoms with Gasteiger partial charge in [0, 0.05) is 30.2 Å². The number of hydrogen-bond acceptors (Lipinski definition) is 4. The second-order valence-electron chi connectivity index (χ2n) is 5.48. The van der Waals surface area contributed by atoms with Crippen molar-refractivity contribution in [3.63, 3.8) is 0 Å². The molecule has 5 nitrogen and oxygen atoms in total. The van der Waals surface area contributed by atoms with Crippen molar-refractivity contribution in [2.75, 3.05) is 24.5 Å². The molecule has 1 fully saturated rings. The van der Waals surface area contributed by atoms with Crippen molar-refractivity contribution in [3.8, 4) is 0 Å². The van der Waals surface area contributed by atoms with Crippen LogP contribution in [-0.2, 0) is 0 Å². The summed E-state index contributed by atoms with van der Waals surface area (Å²) in [5, 5.41) is 15.2. The van der Waals surface area contributed by atoms with E-state index in [9.17, 15) is 10.1 Å². The first kappa shape index (κ1) is 16.0. The van der Waals surface area contributed by atoms with Crippen molar-refractivity contribution >= 4 is 23.0 Å². The van der Waals surface area contributed by atoms with Crippen molar-refractivity contribution in [1.82, 2.24) is 5.32 Å². The van der Waals surface area contributed by atoms with Gasteiger partial charge in [-0.2, -0.15) is 0 Å². The number of benzene rings is 1. The van der Waals surface area contributed by atoms with Crippen LogP contribution in [-0.4, -0.2) is 30.6 Å². The Kier molecular flexibility index (Phi) is 5.82. The third kappa shape index (κ3) is 4.32. The molecule has 1 aromatic rings. The minimum Gasteiger partial charge on any atom is -0.364 e. The van der Waals surface area contributed by atoms with Gasteiger partial charge in [0.2, 0.25) is 0 Å². The summed E-state index contributed by atoms with van der Waals surface area (Å²) in [6.45, 7) is 4.80. The summed E-state index contributed by atoms with van der Waals surface area (Å²) < 4.78 is 0. The number of unbranched alkanes of at least 4 members (excludes halogenated alkanes) is 1. The van der Waals surface area contributed by atoms with Gasteiger partial charge in [-0.3, -0.25) is 10.1 Å². The van der Waals surface area contributed by atoms with Gasteiger partial charge in [-0.15, -0.1) is 0 Å². The van der Waals surface area contributed by atoms with Gasteiger partial charge in [0.15, 0.2) is 0 Å². The van der Waals surface area contributed by atoms with Gasteiger partial charge < -0.3 is 10.2 Å². The van der Waals surface area contributed by atoms with Crippen molar-refractivity contribution < 1.29 is 4.92 Å². The molecule has 6 heteroatoms. The normalized spacial score (nSPS) is 17.9. The maximum atomic E-state index is 11.3. The Morgan fingerprint density at radius 2 is 2.33 bits per heavy atom. The number of nitro benzene ring substituents is 1. The molecule has 0 aromatic heterocycles. The summed E-state index contributed by atoms with van der Waals surface area (Å²) in [4.78, 5) is 13.1. The Morgan fingerprint density at radius 3 is 2.95 bits per heavy atom. The van der Waals surface area contributed by atoms with Gasteiger partial charge in [-0.25, -0.2) is 0 Å². The fraction of sp³-hybridized carbons (Fsp3) is 0.600. The smallest absolute Gasteiger partial charge is 0.294 e. The molecular formula is C15H22ClN3O2. The Labute approximate surface area is 130 Å². The highest BCUT2D eigenvalue weighted by Crippen LogP contribution is 2.31. The summed E-state index contributed by atoms with van der Waals surface area (Å²) in [5.41, 5.74) is 0.767. The van der Waals surface area contributed by atoms with Crippen molar-refractivity contribution in [1.29, 1.82) is 0 Å². The second-order valence-corrected chi connectivity index (χ2v) is 5.92. The van der Waals surface area contributed by atoms with Gasteiger partial charge >= 0.3 is 0 Å². The van der Waals surface area contributed by atoms with E-state index in [0.29, 0.717) is 16.8 Å². The molecule has 1 saturated heterocycles. The van der Waals surface area contributed by atoms with Gasteiger partial charge in [-0.05, 0) is 37.9 Å². The molecule has 1 aromatic carbocycles. The summed E-state index contributed by atoms with van der Waals surface area (Å²) in [6.07, 6.45) is 4.39. The third-order valence-electron chi connectivity index (χ3n) is 3.86. The lowest BCUT2D eigenvalue weighted by molar-refractivity contribution is -0.384. The summed E-state index contributed by atoms with van der Waals surface area (Å²) in [7, 11) is 0. The van der Waals surface area contributed by atoms with E-state index in [2.05, 4.69) is 17.1 Å². The zero-order valence-corrected chi connectivity index (χ0v) is 13.1. The molecule has 0 saturated carbocycles. The van der Waals surface area contributed by atoms with Crippen LogP contribution in [0.5, 0.6) is 0 Å². The molecule has 2 rings (SSSR count). The molecule has 1 heterocycles. The zero-order valence-electron chi connectivity index (χ0n) is 12.3. The summed E-state index contributed by atoms with van der Waals surface area (Å²) >= 11 is 5.90. The number of nitrogens with zero attached hydrogens (tertiary/aromatic N) is 2. The minimum atomic E-state index is -0.345. The predicted molar refractivity (Wildman–Crippen MR) is 86.3 cm³/mol. The molecule has 0 aliphatic carbocycles. The van der Waals surface area contributed by atoms with Crippen LogP contribution in [0.4, 0.5) is 11.4 Å². The van der Waals surface area contributed by atoms with Gasteiger partial charge in [0.25, 0.3) is 5.69 Å². The first-order valence-corrected chi connectivity index (χ1v) is 7.92. The molecule has 1 atom stereocenters. The fourth-order valence-corrected chi connectivity index (χ4v) is 2.91. The number of halogens is 1. The highest BCUT2D eigenvalue weighted by molar-refractivity contribution is 6.30. The third-order valence-corrected chi connectivity index (χ3v) is 4.09. The average Bonchev–Trinajstić information content (AvgIpc) is 2.96. The van der Waals surface area contributed by atoms with Crippen LogP contribution >= 0.6 is 11.6 Å². The molecule has 0 amide bonds. The highest BCUT2D eigenvalue weighted by Gasteiger charge is 2.23. The second kappa shape index (κ2) is 7.61. The van der Waals surface area contributed by atoms with E-state index in [1.54, 1.807) is 12.1 Å². The lowest BCUT2D eigenvalue weighted by atomic mass is 10.1. The maximum absolute atomic E-state index is 11.3. The van der Waals surface area contributed by atoms with Crippen molar-refractivity contribution in [3.05, 3.63) is 33.3 Å². The molecular weight excluding hydrogens is 290 g/mol. The topological polar surface area (TPSA) is 58.4 Å². The molecule has 0 bridgehead atoms. The zero-order chi connectivity index (χ0) is 15.2. The van der Waals surface area contributed by atoms with Crippen LogP contribution in [0.1, 0.15) is 32.6 Å².